The smallest absolute Gasteiger partial charge is 0.0583 e. The molecule has 0 aliphatic rings. The highest BCUT2D eigenvalue weighted by Gasteiger charge is 2.12. The monoisotopic (exact) mass is 221 g/mol. The molecule has 0 amide bonds. The standard InChI is InChI=1S/C14H23NO/c1-11(16-4)8-12-6-5-7-13(9-12)10-14(2,3)15/h5-7,9,11H,8,10,15H2,1-4H3. The van der Waals surface area contributed by atoms with Crippen LogP contribution in [0.3, 0.4) is 0 Å². The minimum Gasteiger partial charge on any atom is -0.381 e. The summed E-state index contributed by atoms with van der Waals surface area (Å²) in [5.41, 5.74) is 8.49. The van der Waals surface area contributed by atoms with Crippen molar-refractivity contribution in [2.45, 2.75) is 45.3 Å². The Hall–Kier alpha value is -0.860. The number of rotatable bonds is 5. The fourth-order valence-corrected chi connectivity index (χ4v) is 1.81. The van der Waals surface area contributed by atoms with Crippen LogP contribution in [-0.2, 0) is 17.6 Å². The number of hydrogen-bond donors (Lipinski definition) is 1. The average Bonchev–Trinajstić information content (AvgIpc) is 2.15. The van der Waals surface area contributed by atoms with Crippen LogP contribution in [0.2, 0.25) is 0 Å². The molecule has 0 radical (unpaired) electrons. The van der Waals surface area contributed by atoms with Crippen LogP contribution in [0.5, 0.6) is 0 Å². The molecule has 0 aliphatic heterocycles. The molecule has 1 rings (SSSR count). The predicted molar refractivity (Wildman–Crippen MR) is 68.6 cm³/mol. The van der Waals surface area contributed by atoms with Gasteiger partial charge >= 0.3 is 0 Å². The molecule has 1 atom stereocenters. The molecule has 1 aromatic rings. The zero-order valence-electron chi connectivity index (χ0n) is 10.8. The van der Waals surface area contributed by atoms with Gasteiger partial charge in [-0.25, -0.2) is 0 Å². The first-order valence-corrected chi connectivity index (χ1v) is 5.80. The number of hydrogen-bond acceptors (Lipinski definition) is 2. The third-order valence-corrected chi connectivity index (χ3v) is 2.58. The van der Waals surface area contributed by atoms with Gasteiger partial charge in [0.25, 0.3) is 0 Å². The molecule has 0 spiro atoms. The predicted octanol–water partition coefficient (Wildman–Crippen LogP) is 2.54. The van der Waals surface area contributed by atoms with Crippen LogP contribution in [0.25, 0.3) is 0 Å². The molecule has 1 aromatic carbocycles. The van der Waals surface area contributed by atoms with E-state index in [1.807, 2.05) is 0 Å². The van der Waals surface area contributed by atoms with Crippen LogP contribution >= 0.6 is 0 Å². The van der Waals surface area contributed by atoms with Crippen molar-refractivity contribution >= 4 is 0 Å². The Labute approximate surface area is 98.8 Å². The molecule has 2 heteroatoms. The summed E-state index contributed by atoms with van der Waals surface area (Å²) in [5.74, 6) is 0. The second-order valence-corrected chi connectivity index (χ2v) is 5.24. The Morgan fingerprint density at radius 3 is 2.50 bits per heavy atom. The van der Waals surface area contributed by atoms with Crippen molar-refractivity contribution in [3.63, 3.8) is 0 Å². The Bertz CT molecular complexity index is 328. The Kier molecular flexibility index (Phi) is 4.51. The van der Waals surface area contributed by atoms with Gasteiger partial charge in [-0.2, -0.15) is 0 Å². The SMILES string of the molecule is COC(C)Cc1cccc(CC(C)(C)N)c1. The molecule has 0 bridgehead atoms. The van der Waals surface area contributed by atoms with Gasteiger partial charge in [0.2, 0.25) is 0 Å². The number of nitrogens with two attached hydrogens (primary N) is 1. The van der Waals surface area contributed by atoms with Crippen LogP contribution in [0, 0.1) is 0 Å². The van der Waals surface area contributed by atoms with Crippen molar-refractivity contribution in [3.05, 3.63) is 35.4 Å². The quantitative estimate of drug-likeness (QED) is 0.829. The average molecular weight is 221 g/mol. The lowest BCUT2D eigenvalue weighted by Gasteiger charge is -2.19. The summed E-state index contributed by atoms with van der Waals surface area (Å²) in [6.45, 7) is 6.19. The summed E-state index contributed by atoms with van der Waals surface area (Å²) < 4.78 is 5.27. The Balaban J connectivity index is 2.71. The fourth-order valence-electron chi connectivity index (χ4n) is 1.81. The van der Waals surface area contributed by atoms with Crippen molar-refractivity contribution < 1.29 is 4.74 Å². The van der Waals surface area contributed by atoms with Gasteiger partial charge in [0.1, 0.15) is 0 Å². The number of benzene rings is 1. The lowest BCUT2D eigenvalue weighted by atomic mass is 9.94. The van der Waals surface area contributed by atoms with Gasteiger partial charge in [0.15, 0.2) is 0 Å². The first kappa shape index (κ1) is 13.2. The minimum absolute atomic E-state index is 0.147. The van der Waals surface area contributed by atoms with Gasteiger partial charge in [-0.05, 0) is 44.7 Å². The van der Waals surface area contributed by atoms with E-state index in [1.165, 1.54) is 11.1 Å². The molecule has 0 heterocycles. The van der Waals surface area contributed by atoms with Gasteiger partial charge < -0.3 is 10.5 Å². The molecule has 0 saturated carbocycles. The Morgan fingerprint density at radius 1 is 1.31 bits per heavy atom. The van der Waals surface area contributed by atoms with Gasteiger partial charge in [-0.15, -0.1) is 0 Å². The van der Waals surface area contributed by atoms with E-state index in [1.54, 1.807) is 7.11 Å². The van der Waals surface area contributed by atoms with Crippen LogP contribution < -0.4 is 5.73 Å². The summed E-state index contributed by atoms with van der Waals surface area (Å²) in [7, 11) is 1.75. The third-order valence-electron chi connectivity index (χ3n) is 2.58. The van der Waals surface area contributed by atoms with Crippen molar-refractivity contribution in [2.24, 2.45) is 5.73 Å². The van der Waals surface area contributed by atoms with Gasteiger partial charge in [-0.3, -0.25) is 0 Å². The first-order chi connectivity index (χ1) is 7.40. The lowest BCUT2D eigenvalue weighted by Crippen LogP contribution is -2.34. The summed E-state index contributed by atoms with van der Waals surface area (Å²) in [6, 6.07) is 8.60. The van der Waals surface area contributed by atoms with Crippen molar-refractivity contribution in [3.8, 4) is 0 Å². The van der Waals surface area contributed by atoms with E-state index in [-0.39, 0.29) is 11.6 Å². The van der Waals surface area contributed by atoms with Crippen molar-refractivity contribution in [2.75, 3.05) is 7.11 Å². The van der Waals surface area contributed by atoms with E-state index in [2.05, 4.69) is 45.0 Å². The van der Waals surface area contributed by atoms with E-state index >= 15 is 0 Å². The van der Waals surface area contributed by atoms with Crippen LogP contribution in [0.15, 0.2) is 24.3 Å². The maximum absolute atomic E-state index is 6.02. The highest BCUT2D eigenvalue weighted by atomic mass is 16.5. The highest BCUT2D eigenvalue weighted by Crippen LogP contribution is 2.13. The van der Waals surface area contributed by atoms with Crippen molar-refractivity contribution in [1.29, 1.82) is 0 Å². The number of ether oxygens (including phenoxy) is 1. The molecule has 90 valence electrons. The minimum atomic E-state index is -0.147. The first-order valence-electron chi connectivity index (χ1n) is 5.80. The molecule has 2 nitrogen and oxygen atoms in total. The zero-order chi connectivity index (χ0) is 12.2. The molecule has 0 saturated heterocycles. The molecule has 2 N–H and O–H groups in total. The molecular weight excluding hydrogens is 198 g/mol. The third kappa shape index (κ3) is 4.77. The van der Waals surface area contributed by atoms with Crippen LogP contribution in [0.4, 0.5) is 0 Å². The Morgan fingerprint density at radius 2 is 1.94 bits per heavy atom. The molecule has 0 aromatic heterocycles. The highest BCUT2D eigenvalue weighted by molar-refractivity contribution is 5.25. The van der Waals surface area contributed by atoms with E-state index < -0.39 is 0 Å². The second kappa shape index (κ2) is 5.46. The topological polar surface area (TPSA) is 35.2 Å². The van der Waals surface area contributed by atoms with Gasteiger partial charge in [0.05, 0.1) is 6.10 Å². The summed E-state index contributed by atoms with van der Waals surface area (Å²) in [5, 5.41) is 0. The molecule has 0 fully saturated rings. The zero-order valence-corrected chi connectivity index (χ0v) is 10.8. The van der Waals surface area contributed by atoms with Gasteiger partial charge in [-0.1, -0.05) is 24.3 Å². The molecule has 0 aliphatic carbocycles. The molecule has 16 heavy (non-hydrogen) atoms. The molecule has 1 unspecified atom stereocenters. The van der Waals surface area contributed by atoms with Crippen LogP contribution in [0.1, 0.15) is 31.9 Å². The summed E-state index contributed by atoms with van der Waals surface area (Å²) >= 11 is 0. The summed E-state index contributed by atoms with van der Waals surface area (Å²) in [6.07, 6.45) is 2.12. The van der Waals surface area contributed by atoms with Gasteiger partial charge in [0, 0.05) is 12.6 Å². The number of methoxy groups -OCH3 is 1. The summed E-state index contributed by atoms with van der Waals surface area (Å²) in [4.78, 5) is 0. The van der Waals surface area contributed by atoms with E-state index in [0.717, 1.165) is 12.8 Å². The van der Waals surface area contributed by atoms with Crippen LogP contribution in [-0.4, -0.2) is 18.8 Å². The second-order valence-electron chi connectivity index (χ2n) is 5.24. The maximum atomic E-state index is 6.02. The van der Waals surface area contributed by atoms with E-state index in [4.69, 9.17) is 10.5 Å². The largest absolute Gasteiger partial charge is 0.381 e. The lowest BCUT2D eigenvalue weighted by molar-refractivity contribution is 0.119. The normalized spacial score (nSPS) is 13.8. The van der Waals surface area contributed by atoms with E-state index in [9.17, 15) is 0 Å². The molecular formula is C14H23NO. The fraction of sp³-hybridized carbons (Fsp3) is 0.571. The van der Waals surface area contributed by atoms with Crippen molar-refractivity contribution in [1.82, 2.24) is 0 Å². The van der Waals surface area contributed by atoms with E-state index in [0.29, 0.717) is 0 Å². The maximum Gasteiger partial charge on any atom is 0.0583 e.